The molecule has 0 spiro atoms. The number of hydrogen-bond acceptors (Lipinski definition) is 2. The SMILES string of the molecule is N#Cc1cncn1CCC(F)F. The number of halogens is 2. The van der Waals surface area contributed by atoms with Crippen molar-refractivity contribution in [2.75, 3.05) is 0 Å². The molecule has 0 atom stereocenters. The number of rotatable bonds is 3. The van der Waals surface area contributed by atoms with Gasteiger partial charge in [-0.15, -0.1) is 0 Å². The molecule has 0 bridgehead atoms. The van der Waals surface area contributed by atoms with Crippen LogP contribution in [0.15, 0.2) is 12.5 Å². The third-order valence-corrected chi connectivity index (χ3v) is 1.42. The fraction of sp³-hybridized carbons (Fsp3) is 0.429. The smallest absolute Gasteiger partial charge is 0.240 e. The zero-order chi connectivity index (χ0) is 8.97. The maximum absolute atomic E-state index is 11.7. The molecule has 1 aromatic rings. The molecule has 0 aliphatic heterocycles. The van der Waals surface area contributed by atoms with E-state index in [9.17, 15) is 8.78 Å². The van der Waals surface area contributed by atoms with Gasteiger partial charge < -0.3 is 4.57 Å². The molecule has 0 fully saturated rings. The number of alkyl halides is 2. The van der Waals surface area contributed by atoms with Crippen LogP contribution < -0.4 is 0 Å². The Morgan fingerprint density at radius 1 is 1.67 bits per heavy atom. The van der Waals surface area contributed by atoms with Gasteiger partial charge in [-0.3, -0.25) is 0 Å². The van der Waals surface area contributed by atoms with Gasteiger partial charge in [0.25, 0.3) is 0 Å². The predicted octanol–water partition coefficient (Wildman–Crippen LogP) is 1.41. The van der Waals surface area contributed by atoms with Crippen LogP contribution in [0.3, 0.4) is 0 Å². The molecule has 1 aromatic heterocycles. The number of nitriles is 1. The number of aromatic nitrogens is 2. The van der Waals surface area contributed by atoms with Gasteiger partial charge in [-0.2, -0.15) is 5.26 Å². The van der Waals surface area contributed by atoms with E-state index in [4.69, 9.17) is 5.26 Å². The molecule has 3 nitrogen and oxygen atoms in total. The molecule has 0 saturated heterocycles. The Morgan fingerprint density at radius 3 is 3.00 bits per heavy atom. The first-order chi connectivity index (χ1) is 5.74. The maximum atomic E-state index is 11.7. The molecule has 1 rings (SSSR count). The molecule has 12 heavy (non-hydrogen) atoms. The molecule has 0 aliphatic rings. The summed E-state index contributed by atoms with van der Waals surface area (Å²) in [5, 5.41) is 8.47. The van der Waals surface area contributed by atoms with Crippen molar-refractivity contribution >= 4 is 0 Å². The van der Waals surface area contributed by atoms with E-state index in [0.717, 1.165) is 0 Å². The number of nitrogens with zero attached hydrogens (tertiary/aromatic N) is 3. The first kappa shape index (κ1) is 8.65. The van der Waals surface area contributed by atoms with E-state index in [1.165, 1.54) is 17.1 Å². The van der Waals surface area contributed by atoms with Crippen molar-refractivity contribution in [1.82, 2.24) is 9.55 Å². The lowest BCUT2D eigenvalue weighted by molar-refractivity contribution is 0.131. The minimum atomic E-state index is -2.33. The Morgan fingerprint density at radius 2 is 2.42 bits per heavy atom. The van der Waals surface area contributed by atoms with E-state index < -0.39 is 6.43 Å². The fourth-order valence-electron chi connectivity index (χ4n) is 0.829. The van der Waals surface area contributed by atoms with Crippen molar-refractivity contribution in [1.29, 1.82) is 5.26 Å². The van der Waals surface area contributed by atoms with Crippen molar-refractivity contribution in [3.63, 3.8) is 0 Å². The van der Waals surface area contributed by atoms with E-state index in [1.54, 1.807) is 0 Å². The number of imidazole rings is 1. The van der Waals surface area contributed by atoms with Crippen LogP contribution in [0, 0.1) is 11.3 Å². The van der Waals surface area contributed by atoms with Crippen LogP contribution in [-0.2, 0) is 6.54 Å². The summed E-state index contributed by atoms with van der Waals surface area (Å²) in [6.07, 6.45) is 0.149. The largest absolute Gasteiger partial charge is 0.322 e. The van der Waals surface area contributed by atoms with Crippen LogP contribution in [0.2, 0.25) is 0 Å². The molecular weight excluding hydrogens is 164 g/mol. The summed E-state index contributed by atoms with van der Waals surface area (Å²) >= 11 is 0. The van der Waals surface area contributed by atoms with Gasteiger partial charge in [-0.25, -0.2) is 13.8 Å². The van der Waals surface area contributed by atoms with Crippen molar-refractivity contribution < 1.29 is 8.78 Å². The third-order valence-electron chi connectivity index (χ3n) is 1.42. The van der Waals surface area contributed by atoms with E-state index in [0.29, 0.717) is 5.69 Å². The fourth-order valence-corrected chi connectivity index (χ4v) is 0.829. The summed E-state index contributed by atoms with van der Waals surface area (Å²) in [5.74, 6) is 0. The summed E-state index contributed by atoms with van der Waals surface area (Å²) in [5.41, 5.74) is 0.315. The summed E-state index contributed by atoms with van der Waals surface area (Å²) in [4.78, 5) is 3.67. The monoisotopic (exact) mass is 171 g/mol. The highest BCUT2D eigenvalue weighted by Gasteiger charge is 2.05. The van der Waals surface area contributed by atoms with Crippen molar-refractivity contribution in [3.05, 3.63) is 18.2 Å². The van der Waals surface area contributed by atoms with Gasteiger partial charge in [-0.1, -0.05) is 0 Å². The Balaban J connectivity index is 2.58. The zero-order valence-electron chi connectivity index (χ0n) is 6.24. The molecule has 0 unspecified atom stereocenters. The van der Waals surface area contributed by atoms with Gasteiger partial charge in [0.05, 0.1) is 12.5 Å². The molecule has 0 aromatic carbocycles. The molecule has 0 aliphatic carbocycles. The third kappa shape index (κ3) is 2.02. The first-order valence-electron chi connectivity index (χ1n) is 3.42. The van der Waals surface area contributed by atoms with E-state index >= 15 is 0 Å². The summed E-state index contributed by atoms with van der Waals surface area (Å²) in [6.45, 7) is 0.139. The van der Waals surface area contributed by atoms with Crippen LogP contribution in [0.4, 0.5) is 8.78 Å². The number of aryl methyl sites for hydroxylation is 1. The lowest BCUT2D eigenvalue weighted by Gasteiger charge is -2.01. The molecule has 0 saturated carbocycles. The predicted molar refractivity (Wildman–Crippen MR) is 37.6 cm³/mol. The molecule has 5 heteroatoms. The Labute approximate surface area is 68.3 Å². The Hall–Kier alpha value is -1.44. The van der Waals surface area contributed by atoms with Gasteiger partial charge >= 0.3 is 0 Å². The zero-order valence-corrected chi connectivity index (χ0v) is 6.24. The van der Waals surface area contributed by atoms with Gasteiger partial charge in [0.15, 0.2) is 0 Å². The molecule has 1 heterocycles. The number of hydrogen-bond donors (Lipinski definition) is 0. The molecule has 64 valence electrons. The summed E-state index contributed by atoms with van der Waals surface area (Å²) < 4.78 is 24.9. The summed E-state index contributed by atoms with van der Waals surface area (Å²) in [6, 6.07) is 1.85. The van der Waals surface area contributed by atoms with Crippen LogP contribution in [-0.4, -0.2) is 16.0 Å². The quantitative estimate of drug-likeness (QED) is 0.689. The average Bonchev–Trinajstić information content (AvgIpc) is 2.47. The molecule has 0 radical (unpaired) electrons. The van der Waals surface area contributed by atoms with Gasteiger partial charge in [0.1, 0.15) is 11.8 Å². The lowest BCUT2D eigenvalue weighted by Crippen LogP contribution is -2.03. The maximum Gasteiger partial charge on any atom is 0.240 e. The second-order valence-electron chi connectivity index (χ2n) is 2.26. The second kappa shape index (κ2) is 3.81. The van der Waals surface area contributed by atoms with Crippen LogP contribution in [0.5, 0.6) is 0 Å². The first-order valence-corrected chi connectivity index (χ1v) is 3.42. The summed E-state index contributed by atoms with van der Waals surface area (Å²) in [7, 11) is 0. The highest BCUT2D eigenvalue weighted by Crippen LogP contribution is 2.04. The van der Waals surface area contributed by atoms with Crippen molar-refractivity contribution in [2.45, 2.75) is 19.4 Å². The normalized spacial score (nSPS) is 10.2. The van der Waals surface area contributed by atoms with Gasteiger partial charge in [-0.05, 0) is 0 Å². The lowest BCUT2D eigenvalue weighted by atomic mass is 10.4. The van der Waals surface area contributed by atoms with Crippen LogP contribution >= 0.6 is 0 Å². The van der Waals surface area contributed by atoms with Gasteiger partial charge in [0, 0.05) is 13.0 Å². The standard InChI is InChI=1S/C7H7F2N3/c8-7(9)1-2-12-5-11-4-6(12)3-10/h4-5,7H,1-2H2. The van der Waals surface area contributed by atoms with Gasteiger partial charge in [0.2, 0.25) is 6.43 Å². The Bertz CT molecular complexity index is 287. The highest BCUT2D eigenvalue weighted by atomic mass is 19.3. The van der Waals surface area contributed by atoms with Crippen LogP contribution in [0.1, 0.15) is 12.1 Å². The van der Waals surface area contributed by atoms with Crippen LogP contribution in [0.25, 0.3) is 0 Å². The topological polar surface area (TPSA) is 41.6 Å². The van der Waals surface area contributed by atoms with Crippen molar-refractivity contribution in [2.24, 2.45) is 0 Å². The van der Waals surface area contributed by atoms with E-state index in [2.05, 4.69) is 4.98 Å². The highest BCUT2D eigenvalue weighted by molar-refractivity contribution is 5.16. The minimum absolute atomic E-state index is 0.139. The Kier molecular flexibility index (Phi) is 2.75. The molecule has 0 N–H and O–H groups in total. The minimum Gasteiger partial charge on any atom is -0.322 e. The average molecular weight is 171 g/mol. The van der Waals surface area contributed by atoms with E-state index in [1.807, 2.05) is 6.07 Å². The van der Waals surface area contributed by atoms with Crippen molar-refractivity contribution in [3.8, 4) is 6.07 Å². The van der Waals surface area contributed by atoms with E-state index in [-0.39, 0.29) is 13.0 Å². The molecule has 0 amide bonds. The second-order valence-corrected chi connectivity index (χ2v) is 2.26. The molecular formula is C7H7F2N3.